The first-order valence-electron chi connectivity index (χ1n) is 6.01. The first-order valence-corrected chi connectivity index (χ1v) is 6.76. The zero-order valence-electron chi connectivity index (χ0n) is 11.0. The molecule has 0 saturated heterocycles. The highest BCUT2D eigenvalue weighted by Gasteiger charge is 2.09. The van der Waals surface area contributed by atoms with Gasteiger partial charge in [-0.15, -0.1) is 0 Å². The fraction of sp³-hybridized carbons (Fsp3) is 0.462. The molecule has 0 heterocycles. The molecule has 0 radical (unpaired) electrons. The van der Waals surface area contributed by atoms with Gasteiger partial charge in [0.1, 0.15) is 0 Å². The van der Waals surface area contributed by atoms with E-state index < -0.39 is 0 Å². The van der Waals surface area contributed by atoms with Gasteiger partial charge in [0, 0.05) is 43.2 Å². The van der Waals surface area contributed by atoms with Crippen LogP contribution < -0.4 is 5.73 Å². The molecule has 106 valence electrons. The van der Waals surface area contributed by atoms with Crippen LogP contribution in [0.3, 0.4) is 0 Å². The molecule has 0 aliphatic carbocycles. The minimum Gasteiger partial charge on any atom is -0.388 e. The van der Waals surface area contributed by atoms with Crippen molar-refractivity contribution < 1.29 is 4.74 Å². The van der Waals surface area contributed by atoms with E-state index >= 15 is 0 Å². The highest BCUT2D eigenvalue weighted by atomic mass is 35.5. The number of hydrogen-bond donors (Lipinski definition) is 2. The number of nitrogens with one attached hydrogen (secondary N) is 1. The average Bonchev–Trinajstić information content (AvgIpc) is 2.36. The van der Waals surface area contributed by atoms with Crippen LogP contribution in [0.15, 0.2) is 18.2 Å². The SMILES string of the molecule is COCCN(CCC(=N)N)Cc1cc(Cl)ccc1Cl. The first kappa shape index (κ1) is 16.2. The second-order valence-corrected chi connectivity index (χ2v) is 5.12. The molecule has 0 spiro atoms. The van der Waals surface area contributed by atoms with Gasteiger partial charge >= 0.3 is 0 Å². The van der Waals surface area contributed by atoms with Crippen molar-refractivity contribution in [1.82, 2.24) is 4.90 Å². The Hall–Kier alpha value is -0.810. The van der Waals surface area contributed by atoms with Crippen LogP contribution in [0, 0.1) is 5.41 Å². The van der Waals surface area contributed by atoms with Gasteiger partial charge in [-0.2, -0.15) is 0 Å². The van der Waals surface area contributed by atoms with Crippen molar-refractivity contribution in [2.45, 2.75) is 13.0 Å². The van der Waals surface area contributed by atoms with Crippen molar-refractivity contribution in [2.75, 3.05) is 26.8 Å². The Bertz CT molecular complexity index is 426. The number of hydrogen-bond acceptors (Lipinski definition) is 3. The summed E-state index contributed by atoms with van der Waals surface area (Å²) in [5.74, 6) is 0.180. The summed E-state index contributed by atoms with van der Waals surface area (Å²) in [6, 6.07) is 5.42. The highest BCUT2D eigenvalue weighted by Crippen LogP contribution is 2.22. The van der Waals surface area contributed by atoms with Gasteiger partial charge < -0.3 is 10.5 Å². The smallest absolute Gasteiger partial charge is 0.0918 e. The lowest BCUT2D eigenvalue weighted by molar-refractivity contribution is 0.145. The third-order valence-electron chi connectivity index (χ3n) is 2.71. The molecule has 0 fully saturated rings. The Balaban J connectivity index is 2.68. The van der Waals surface area contributed by atoms with Gasteiger partial charge in [-0.05, 0) is 23.8 Å². The maximum Gasteiger partial charge on any atom is 0.0918 e. The Labute approximate surface area is 123 Å². The normalized spacial score (nSPS) is 10.9. The molecular weight excluding hydrogens is 285 g/mol. The van der Waals surface area contributed by atoms with E-state index in [1.165, 1.54) is 0 Å². The molecule has 1 aromatic carbocycles. The second-order valence-electron chi connectivity index (χ2n) is 4.28. The molecule has 3 N–H and O–H groups in total. The van der Waals surface area contributed by atoms with E-state index in [4.69, 9.17) is 39.1 Å². The number of amidine groups is 1. The number of halogens is 2. The van der Waals surface area contributed by atoms with Crippen LogP contribution in [0.5, 0.6) is 0 Å². The van der Waals surface area contributed by atoms with Crippen LogP contribution >= 0.6 is 23.2 Å². The highest BCUT2D eigenvalue weighted by molar-refractivity contribution is 6.33. The van der Waals surface area contributed by atoms with Crippen LogP contribution in [0.25, 0.3) is 0 Å². The summed E-state index contributed by atoms with van der Waals surface area (Å²) in [6.45, 7) is 2.74. The second kappa shape index (κ2) is 8.38. The molecule has 19 heavy (non-hydrogen) atoms. The largest absolute Gasteiger partial charge is 0.388 e. The van der Waals surface area contributed by atoms with Gasteiger partial charge in [0.25, 0.3) is 0 Å². The van der Waals surface area contributed by atoms with Crippen molar-refractivity contribution in [2.24, 2.45) is 5.73 Å². The summed E-state index contributed by atoms with van der Waals surface area (Å²) in [6.07, 6.45) is 0.530. The molecule has 0 saturated carbocycles. The van der Waals surface area contributed by atoms with Crippen LogP contribution in [-0.4, -0.2) is 37.5 Å². The van der Waals surface area contributed by atoms with Gasteiger partial charge in [0.05, 0.1) is 12.4 Å². The van der Waals surface area contributed by atoms with Crippen LogP contribution in [0.1, 0.15) is 12.0 Å². The fourth-order valence-electron chi connectivity index (χ4n) is 1.67. The molecule has 6 heteroatoms. The molecule has 0 aromatic heterocycles. The van der Waals surface area contributed by atoms with Crippen molar-refractivity contribution >= 4 is 29.0 Å². The lowest BCUT2D eigenvalue weighted by Gasteiger charge is -2.22. The Morgan fingerprint density at radius 3 is 2.74 bits per heavy atom. The van der Waals surface area contributed by atoms with Crippen molar-refractivity contribution in [3.05, 3.63) is 33.8 Å². The van der Waals surface area contributed by atoms with E-state index in [1.54, 1.807) is 19.2 Å². The maximum atomic E-state index is 7.29. The van der Waals surface area contributed by atoms with E-state index in [1.807, 2.05) is 6.07 Å². The number of benzene rings is 1. The fourth-order valence-corrected chi connectivity index (χ4v) is 2.05. The van der Waals surface area contributed by atoms with E-state index in [-0.39, 0.29) is 5.84 Å². The first-order chi connectivity index (χ1) is 9.02. The Kier molecular flexibility index (Phi) is 7.16. The van der Waals surface area contributed by atoms with Gasteiger partial charge in [0.15, 0.2) is 0 Å². The molecule has 1 rings (SSSR count). The molecule has 0 bridgehead atoms. The molecule has 0 aliphatic heterocycles. The number of ether oxygens (including phenoxy) is 1. The summed E-state index contributed by atoms with van der Waals surface area (Å²) in [5.41, 5.74) is 6.36. The molecule has 0 atom stereocenters. The van der Waals surface area contributed by atoms with Crippen molar-refractivity contribution in [1.29, 1.82) is 5.41 Å². The number of nitrogens with two attached hydrogens (primary N) is 1. The molecule has 1 aromatic rings. The van der Waals surface area contributed by atoms with E-state index in [0.29, 0.717) is 36.2 Å². The maximum absolute atomic E-state index is 7.29. The number of methoxy groups -OCH3 is 1. The zero-order valence-corrected chi connectivity index (χ0v) is 12.5. The van der Waals surface area contributed by atoms with E-state index in [0.717, 1.165) is 12.1 Å². The summed E-state index contributed by atoms with van der Waals surface area (Å²) in [5, 5.41) is 8.65. The molecule has 0 unspecified atom stereocenters. The quantitative estimate of drug-likeness (QED) is 0.573. The molecule has 0 amide bonds. The lowest BCUT2D eigenvalue weighted by atomic mass is 10.2. The molecule has 0 aliphatic rings. The molecule has 4 nitrogen and oxygen atoms in total. The Morgan fingerprint density at radius 1 is 1.37 bits per heavy atom. The summed E-state index contributed by atoms with van der Waals surface area (Å²) < 4.78 is 5.09. The number of rotatable bonds is 8. The summed E-state index contributed by atoms with van der Waals surface area (Å²) in [4.78, 5) is 2.14. The third kappa shape index (κ3) is 6.25. The van der Waals surface area contributed by atoms with Crippen molar-refractivity contribution in [3.63, 3.8) is 0 Å². The zero-order chi connectivity index (χ0) is 14.3. The van der Waals surface area contributed by atoms with Crippen LogP contribution in [-0.2, 0) is 11.3 Å². The standard InChI is InChI=1S/C13H19Cl2N3O/c1-19-7-6-18(5-4-13(16)17)9-10-8-11(14)2-3-12(10)15/h2-3,8H,4-7,9H2,1H3,(H3,16,17). The summed E-state index contributed by atoms with van der Waals surface area (Å²) in [7, 11) is 1.66. The minimum absolute atomic E-state index is 0.180. The minimum atomic E-state index is 0.180. The monoisotopic (exact) mass is 303 g/mol. The van der Waals surface area contributed by atoms with E-state index in [9.17, 15) is 0 Å². The van der Waals surface area contributed by atoms with Gasteiger partial charge in [-0.3, -0.25) is 10.3 Å². The average molecular weight is 304 g/mol. The van der Waals surface area contributed by atoms with Crippen LogP contribution in [0.4, 0.5) is 0 Å². The van der Waals surface area contributed by atoms with Crippen molar-refractivity contribution in [3.8, 4) is 0 Å². The topological polar surface area (TPSA) is 62.3 Å². The van der Waals surface area contributed by atoms with Gasteiger partial charge in [-0.1, -0.05) is 23.2 Å². The predicted octanol–water partition coefficient (Wildman–Crippen LogP) is 2.77. The lowest BCUT2D eigenvalue weighted by Crippen LogP contribution is -2.30. The Morgan fingerprint density at radius 2 is 2.11 bits per heavy atom. The van der Waals surface area contributed by atoms with Crippen LogP contribution in [0.2, 0.25) is 10.0 Å². The number of nitrogens with zero attached hydrogens (tertiary/aromatic N) is 1. The molecular formula is C13H19Cl2N3O. The van der Waals surface area contributed by atoms with Gasteiger partial charge in [0.2, 0.25) is 0 Å². The van der Waals surface area contributed by atoms with Gasteiger partial charge in [-0.25, -0.2) is 0 Å². The van der Waals surface area contributed by atoms with E-state index in [2.05, 4.69) is 4.90 Å². The predicted molar refractivity (Wildman–Crippen MR) is 80.1 cm³/mol. The third-order valence-corrected chi connectivity index (χ3v) is 3.31. The summed E-state index contributed by atoms with van der Waals surface area (Å²) >= 11 is 12.1.